The number of nitrogens with zero attached hydrogens (tertiary/aromatic N) is 1. The molecule has 9 heteroatoms. The van der Waals surface area contributed by atoms with Gasteiger partial charge in [-0.15, -0.1) is 0 Å². The van der Waals surface area contributed by atoms with Crippen LogP contribution in [0.3, 0.4) is 0 Å². The number of aliphatic hydroxyl groups excluding tert-OH is 1. The fraction of sp³-hybridized carbons (Fsp3) is 0.278. The first-order valence-corrected chi connectivity index (χ1v) is 9.20. The van der Waals surface area contributed by atoms with Gasteiger partial charge in [0.15, 0.2) is 11.5 Å². The second kappa shape index (κ2) is 8.96. The average Bonchev–Trinajstić information content (AvgIpc) is 2.93. The van der Waals surface area contributed by atoms with E-state index in [1.54, 1.807) is 13.8 Å². The van der Waals surface area contributed by atoms with Crippen LogP contribution in [0.1, 0.15) is 25.8 Å². The number of benzene rings is 1. The maximum Gasteiger partial charge on any atom is 0.344 e. The Morgan fingerprint density at radius 3 is 2.59 bits per heavy atom. The molecular formula is C18H18ClNO6S. The Bertz CT molecular complexity index is 875. The monoisotopic (exact) mass is 411 g/mol. The topological polar surface area (TPSA) is 105 Å². The maximum atomic E-state index is 12.2. The van der Waals surface area contributed by atoms with Crippen molar-refractivity contribution in [3.05, 3.63) is 39.0 Å². The molecule has 0 atom stereocenters. The lowest BCUT2D eigenvalue weighted by Gasteiger charge is -2.07. The van der Waals surface area contributed by atoms with E-state index < -0.39 is 11.9 Å². The van der Waals surface area contributed by atoms with E-state index in [-0.39, 0.29) is 50.8 Å². The summed E-state index contributed by atoms with van der Waals surface area (Å²) in [4.78, 5) is 28.0. The largest absolute Gasteiger partial charge is 0.506 e. The second-order valence-electron chi connectivity index (χ2n) is 5.27. The number of hydrogen-bond donors (Lipinski definition) is 2. The van der Waals surface area contributed by atoms with Gasteiger partial charge in [-0.05, 0) is 30.7 Å². The highest BCUT2D eigenvalue weighted by molar-refractivity contribution is 8.18. The standard InChI is InChI=1S/C18H18ClNO6S/c1-4-13(21)20-17-14(18(24)26-5-2)16(23)12(27-17)8-9-6-10(19)15(22)11(7-9)25-3/h6-8,22-23H,4-5H2,1-3H3/b12-8-,20-17?. The number of methoxy groups -OCH3 is 1. The molecule has 1 aliphatic rings. The number of carbonyl (C=O) groups excluding carboxylic acids is 2. The van der Waals surface area contributed by atoms with Crippen LogP contribution in [0, 0.1) is 0 Å². The molecule has 1 aromatic carbocycles. The summed E-state index contributed by atoms with van der Waals surface area (Å²) in [5.74, 6) is -1.59. The first kappa shape index (κ1) is 20.9. The first-order valence-electron chi connectivity index (χ1n) is 8.00. The molecule has 2 N–H and O–H groups in total. The molecule has 1 aromatic rings. The third-order valence-corrected chi connectivity index (χ3v) is 4.78. The van der Waals surface area contributed by atoms with Gasteiger partial charge in [0.1, 0.15) is 16.4 Å². The van der Waals surface area contributed by atoms with Gasteiger partial charge in [0, 0.05) is 6.42 Å². The maximum absolute atomic E-state index is 12.2. The Kier molecular flexibility index (Phi) is 6.92. The molecule has 0 aliphatic carbocycles. The average molecular weight is 412 g/mol. The van der Waals surface area contributed by atoms with Gasteiger partial charge in [0.25, 0.3) is 0 Å². The zero-order chi connectivity index (χ0) is 20.1. The van der Waals surface area contributed by atoms with Gasteiger partial charge in [0.2, 0.25) is 5.91 Å². The lowest BCUT2D eigenvalue weighted by atomic mass is 10.1. The van der Waals surface area contributed by atoms with Crippen molar-refractivity contribution in [3.63, 3.8) is 0 Å². The molecule has 0 unspecified atom stereocenters. The molecule has 144 valence electrons. The van der Waals surface area contributed by atoms with E-state index in [1.807, 2.05) is 0 Å². The van der Waals surface area contributed by atoms with Crippen LogP contribution in [-0.4, -0.2) is 40.8 Å². The molecule has 0 bridgehead atoms. The van der Waals surface area contributed by atoms with Crippen LogP contribution in [0.4, 0.5) is 0 Å². The zero-order valence-electron chi connectivity index (χ0n) is 14.9. The van der Waals surface area contributed by atoms with Gasteiger partial charge in [-0.3, -0.25) is 4.79 Å². The molecule has 1 amide bonds. The quantitative estimate of drug-likeness (QED) is 0.708. The van der Waals surface area contributed by atoms with Crippen LogP contribution >= 0.6 is 23.4 Å². The van der Waals surface area contributed by atoms with E-state index in [0.717, 1.165) is 11.8 Å². The predicted octanol–water partition coefficient (Wildman–Crippen LogP) is 3.85. The van der Waals surface area contributed by atoms with E-state index in [0.29, 0.717) is 5.56 Å². The zero-order valence-corrected chi connectivity index (χ0v) is 16.5. The number of aliphatic hydroxyl groups is 1. The number of amides is 1. The number of aliphatic imine (C=N–C) groups is 1. The Hall–Kier alpha value is -2.45. The number of phenols is 1. The molecule has 2 rings (SSSR count). The first-order chi connectivity index (χ1) is 12.8. The van der Waals surface area contributed by atoms with E-state index >= 15 is 0 Å². The summed E-state index contributed by atoms with van der Waals surface area (Å²) in [6, 6.07) is 2.98. The second-order valence-corrected chi connectivity index (χ2v) is 6.71. The van der Waals surface area contributed by atoms with Crippen molar-refractivity contribution < 1.29 is 29.3 Å². The number of halogens is 1. The predicted molar refractivity (Wildman–Crippen MR) is 104 cm³/mol. The number of aromatic hydroxyl groups is 1. The minimum Gasteiger partial charge on any atom is -0.506 e. The van der Waals surface area contributed by atoms with Gasteiger partial charge in [-0.2, -0.15) is 0 Å². The van der Waals surface area contributed by atoms with Crippen LogP contribution in [0.15, 0.2) is 33.4 Å². The van der Waals surface area contributed by atoms with Crippen LogP contribution in [0.25, 0.3) is 6.08 Å². The van der Waals surface area contributed by atoms with Gasteiger partial charge in [-0.25, -0.2) is 9.79 Å². The molecule has 0 radical (unpaired) electrons. The number of rotatable bonds is 5. The molecule has 1 aliphatic heterocycles. The van der Waals surface area contributed by atoms with Crippen molar-refractivity contribution in [2.45, 2.75) is 20.3 Å². The third-order valence-electron chi connectivity index (χ3n) is 3.47. The molecule has 0 saturated heterocycles. The lowest BCUT2D eigenvalue weighted by Crippen LogP contribution is -2.14. The van der Waals surface area contributed by atoms with Gasteiger partial charge in [0.05, 0.1) is 23.6 Å². The highest BCUT2D eigenvalue weighted by Crippen LogP contribution is 2.41. The number of thioether (sulfide) groups is 1. The molecule has 0 aromatic heterocycles. The van der Waals surface area contributed by atoms with Gasteiger partial charge >= 0.3 is 5.97 Å². The van der Waals surface area contributed by atoms with Gasteiger partial charge in [-0.1, -0.05) is 30.3 Å². The summed E-state index contributed by atoms with van der Waals surface area (Å²) < 4.78 is 10.00. The minimum atomic E-state index is -0.769. The van der Waals surface area contributed by atoms with E-state index in [1.165, 1.54) is 25.3 Å². The SMILES string of the molecule is CCOC(=O)C1=C(O)/C(=C/c2cc(Cl)c(O)c(OC)c2)SC1=NC(=O)CC. The molecule has 0 fully saturated rings. The van der Waals surface area contributed by atoms with Crippen molar-refractivity contribution >= 4 is 46.4 Å². The molecule has 7 nitrogen and oxygen atoms in total. The van der Waals surface area contributed by atoms with E-state index in [4.69, 9.17) is 21.1 Å². The molecule has 1 heterocycles. The van der Waals surface area contributed by atoms with Crippen LogP contribution in [-0.2, 0) is 14.3 Å². The van der Waals surface area contributed by atoms with Crippen molar-refractivity contribution in [2.75, 3.05) is 13.7 Å². The molecule has 0 saturated carbocycles. The summed E-state index contributed by atoms with van der Waals surface area (Å²) in [7, 11) is 1.38. The minimum absolute atomic E-state index is 0.0633. The number of esters is 1. The Morgan fingerprint density at radius 2 is 2.00 bits per heavy atom. The molecule has 0 spiro atoms. The Labute approximate surface area is 165 Å². The highest BCUT2D eigenvalue weighted by atomic mass is 35.5. The number of carbonyl (C=O) groups is 2. The van der Waals surface area contributed by atoms with Crippen LogP contribution in [0.2, 0.25) is 5.02 Å². The normalized spacial score (nSPS) is 16.9. The molecule has 27 heavy (non-hydrogen) atoms. The number of phenolic OH excluding ortho intramolecular Hbond substituents is 1. The smallest absolute Gasteiger partial charge is 0.344 e. The highest BCUT2D eigenvalue weighted by Gasteiger charge is 2.33. The van der Waals surface area contributed by atoms with Crippen LogP contribution in [0.5, 0.6) is 11.5 Å². The van der Waals surface area contributed by atoms with Crippen molar-refractivity contribution in [2.24, 2.45) is 4.99 Å². The van der Waals surface area contributed by atoms with Crippen LogP contribution < -0.4 is 4.74 Å². The fourth-order valence-electron chi connectivity index (χ4n) is 2.17. The van der Waals surface area contributed by atoms with E-state index in [9.17, 15) is 19.8 Å². The van der Waals surface area contributed by atoms with Crippen molar-refractivity contribution in [1.29, 1.82) is 0 Å². The Balaban J connectivity index is 2.53. The Morgan fingerprint density at radius 1 is 1.30 bits per heavy atom. The summed E-state index contributed by atoms with van der Waals surface area (Å²) in [6.07, 6.45) is 1.69. The van der Waals surface area contributed by atoms with Crippen molar-refractivity contribution in [1.82, 2.24) is 0 Å². The van der Waals surface area contributed by atoms with Gasteiger partial charge < -0.3 is 19.7 Å². The lowest BCUT2D eigenvalue weighted by molar-refractivity contribution is -0.138. The molecular weight excluding hydrogens is 394 g/mol. The number of hydrogen-bond acceptors (Lipinski definition) is 7. The summed E-state index contributed by atoms with van der Waals surface area (Å²) >= 11 is 6.94. The van der Waals surface area contributed by atoms with E-state index in [2.05, 4.69) is 4.99 Å². The third kappa shape index (κ3) is 4.64. The number of ether oxygens (including phenoxy) is 2. The fourth-order valence-corrected chi connectivity index (χ4v) is 3.42. The summed E-state index contributed by atoms with van der Waals surface area (Å²) in [6.45, 7) is 3.38. The summed E-state index contributed by atoms with van der Waals surface area (Å²) in [5.41, 5.74) is 0.349. The summed E-state index contributed by atoms with van der Waals surface area (Å²) in [5, 5.41) is 20.4. The van der Waals surface area contributed by atoms with Crippen molar-refractivity contribution in [3.8, 4) is 11.5 Å².